The molecule has 0 radical (unpaired) electrons. The molecule has 0 bridgehead atoms. The van der Waals surface area contributed by atoms with Crippen LogP contribution in [-0.2, 0) is 12.8 Å². The molecule has 6 rings (SSSR count). The number of aryl methyl sites for hydroxylation is 2. The number of rotatable bonds is 2. The number of aromatic hydroxyl groups is 1. The maximum atomic E-state index is 13.6. The van der Waals surface area contributed by atoms with Gasteiger partial charge < -0.3 is 15.0 Å². The number of H-pyrrole nitrogens is 1. The van der Waals surface area contributed by atoms with Crippen LogP contribution in [0.15, 0.2) is 48.5 Å². The Bertz CT molecular complexity index is 1340. The van der Waals surface area contributed by atoms with E-state index in [2.05, 4.69) is 17.1 Å². The van der Waals surface area contributed by atoms with Crippen molar-refractivity contribution < 1.29 is 9.90 Å². The molecule has 1 amide bonds. The van der Waals surface area contributed by atoms with E-state index in [4.69, 9.17) is 11.6 Å². The number of nitrogens with one attached hydrogen (secondary N) is 1. The van der Waals surface area contributed by atoms with Gasteiger partial charge in [-0.15, -0.1) is 11.6 Å². The number of benzene rings is 3. The van der Waals surface area contributed by atoms with Crippen molar-refractivity contribution in [2.45, 2.75) is 25.2 Å². The Morgan fingerprint density at radius 3 is 2.77 bits per heavy atom. The first kappa shape index (κ1) is 17.8. The van der Waals surface area contributed by atoms with Crippen LogP contribution in [-0.4, -0.2) is 28.4 Å². The highest BCUT2D eigenvalue weighted by Crippen LogP contribution is 2.45. The van der Waals surface area contributed by atoms with E-state index in [0.29, 0.717) is 18.1 Å². The van der Waals surface area contributed by atoms with E-state index >= 15 is 0 Å². The summed E-state index contributed by atoms with van der Waals surface area (Å²) in [6.07, 6.45) is 3.36. The zero-order valence-electron chi connectivity index (χ0n) is 16.4. The molecule has 3 aromatic carbocycles. The van der Waals surface area contributed by atoms with Crippen LogP contribution in [0, 0.1) is 0 Å². The van der Waals surface area contributed by atoms with Crippen LogP contribution >= 0.6 is 11.6 Å². The first-order valence-corrected chi connectivity index (χ1v) is 10.9. The number of fused-ring (bicyclic) bond motifs is 6. The van der Waals surface area contributed by atoms with Gasteiger partial charge in [0, 0.05) is 40.7 Å². The summed E-state index contributed by atoms with van der Waals surface area (Å²) < 4.78 is 0. The standard InChI is InChI=1S/C25H21ClN2O2/c26-12-15-13-28(22-11-23(29)17-5-1-2-6-18(17)24(15)22)25(30)21-10-19-16-7-3-4-14(16)8-9-20(19)27-21/h1-2,5-6,8-11,15,27,29H,3-4,7,12-13H2/t15-/m1/s1. The zero-order valence-corrected chi connectivity index (χ0v) is 17.2. The Morgan fingerprint density at radius 1 is 1.10 bits per heavy atom. The van der Waals surface area contributed by atoms with Crippen molar-refractivity contribution in [1.29, 1.82) is 0 Å². The van der Waals surface area contributed by atoms with Gasteiger partial charge >= 0.3 is 0 Å². The summed E-state index contributed by atoms with van der Waals surface area (Å²) in [7, 11) is 0. The smallest absolute Gasteiger partial charge is 0.274 e. The number of aromatic nitrogens is 1. The molecule has 2 N–H and O–H groups in total. The van der Waals surface area contributed by atoms with Gasteiger partial charge in [-0.1, -0.05) is 30.3 Å². The molecular weight excluding hydrogens is 396 g/mol. The molecule has 30 heavy (non-hydrogen) atoms. The lowest BCUT2D eigenvalue weighted by molar-refractivity contribution is 0.0984. The SMILES string of the molecule is O=C(c1cc2c3c(ccc2[nH]1)CCC3)N1C[C@@H](CCl)c2c1cc(O)c1ccccc21. The van der Waals surface area contributed by atoms with Gasteiger partial charge in [0.25, 0.3) is 5.91 Å². The summed E-state index contributed by atoms with van der Waals surface area (Å²) in [5, 5.41) is 13.5. The number of hydrogen-bond acceptors (Lipinski definition) is 2. The van der Waals surface area contributed by atoms with Crippen molar-refractivity contribution in [3.63, 3.8) is 0 Å². The molecule has 0 spiro atoms. The number of carbonyl (C=O) groups is 1. The number of anilines is 1. The summed E-state index contributed by atoms with van der Waals surface area (Å²) >= 11 is 6.31. The van der Waals surface area contributed by atoms with Crippen LogP contribution in [0.1, 0.15) is 39.5 Å². The van der Waals surface area contributed by atoms with E-state index in [-0.39, 0.29) is 17.6 Å². The monoisotopic (exact) mass is 416 g/mol. The van der Waals surface area contributed by atoms with E-state index in [0.717, 1.165) is 45.8 Å². The molecule has 4 aromatic rings. The minimum Gasteiger partial charge on any atom is -0.507 e. The molecule has 150 valence electrons. The van der Waals surface area contributed by atoms with Gasteiger partial charge in [0.2, 0.25) is 0 Å². The van der Waals surface area contributed by atoms with Gasteiger partial charge in [-0.25, -0.2) is 0 Å². The average molecular weight is 417 g/mol. The number of carbonyl (C=O) groups excluding carboxylic acids is 1. The summed E-state index contributed by atoms with van der Waals surface area (Å²) in [5.74, 6) is 0.559. The Hall–Kier alpha value is -2.98. The summed E-state index contributed by atoms with van der Waals surface area (Å²) in [4.78, 5) is 18.7. The van der Waals surface area contributed by atoms with E-state index in [1.54, 1.807) is 11.0 Å². The van der Waals surface area contributed by atoms with Crippen molar-refractivity contribution in [1.82, 2.24) is 4.98 Å². The molecule has 0 fully saturated rings. The van der Waals surface area contributed by atoms with E-state index in [9.17, 15) is 9.90 Å². The highest BCUT2D eigenvalue weighted by Gasteiger charge is 2.35. The topological polar surface area (TPSA) is 56.3 Å². The predicted molar refractivity (Wildman–Crippen MR) is 121 cm³/mol. The van der Waals surface area contributed by atoms with Crippen LogP contribution in [0.2, 0.25) is 0 Å². The third-order valence-electron chi connectivity index (χ3n) is 6.69. The lowest BCUT2D eigenvalue weighted by atomic mass is 9.95. The second-order valence-corrected chi connectivity index (χ2v) is 8.65. The molecule has 2 aliphatic rings. The fraction of sp³-hybridized carbons (Fsp3) is 0.240. The lowest BCUT2D eigenvalue weighted by Crippen LogP contribution is -2.30. The fourth-order valence-corrected chi connectivity index (χ4v) is 5.55. The lowest BCUT2D eigenvalue weighted by Gasteiger charge is -2.17. The number of phenols is 1. The molecule has 5 heteroatoms. The van der Waals surface area contributed by atoms with Crippen molar-refractivity contribution in [3.8, 4) is 5.75 Å². The molecule has 2 heterocycles. The Balaban J connectivity index is 1.48. The number of hydrogen-bond donors (Lipinski definition) is 2. The van der Waals surface area contributed by atoms with E-state index in [1.807, 2.05) is 30.3 Å². The second kappa shape index (κ2) is 6.51. The molecule has 1 aliphatic carbocycles. The van der Waals surface area contributed by atoms with Crippen molar-refractivity contribution in [3.05, 3.63) is 70.9 Å². The van der Waals surface area contributed by atoms with Crippen LogP contribution in [0.3, 0.4) is 0 Å². The van der Waals surface area contributed by atoms with Gasteiger partial charge in [0.1, 0.15) is 11.4 Å². The van der Waals surface area contributed by atoms with E-state index < -0.39 is 0 Å². The maximum absolute atomic E-state index is 13.6. The van der Waals surface area contributed by atoms with Gasteiger partial charge in [-0.05, 0) is 53.5 Å². The summed E-state index contributed by atoms with van der Waals surface area (Å²) in [6.45, 7) is 0.512. The predicted octanol–water partition coefficient (Wildman–Crippen LogP) is 5.50. The number of nitrogens with zero attached hydrogens (tertiary/aromatic N) is 1. The molecule has 1 aliphatic heterocycles. The van der Waals surface area contributed by atoms with Gasteiger partial charge in [0.15, 0.2) is 0 Å². The van der Waals surface area contributed by atoms with Crippen LogP contribution in [0.25, 0.3) is 21.7 Å². The van der Waals surface area contributed by atoms with Crippen LogP contribution in [0.5, 0.6) is 5.75 Å². The minimum absolute atomic E-state index is 0.0322. The molecule has 1 aromatic heterocycles. The number of phenolic OH excluding ortho intramolecular Hbond substituents is 1. The normalized spacial score (nSPS) is 17.6. The number of alkyl halides is 1. The molecule has 0 saturated carbocycles. The molecule has 4 nitrogen and oxygen atoms in total. The van der Waals surface area contributed by atoms with Gasteiger partial charge in [-0.3, -0.25) is 4.79 Å². The summed E-state index contributed by atoms with van der Waals surface area (Å²) in [5.41, 5.74) is 6.15. The van der Waals surface area contributed by atoms with Crippen LogP contribution in [0.4, 0.5) is 5.69 Å². The molecular formula is C25H21ClN2O2. The highest BCUT2D eigenvalue weighted by atomic mass is 35.5. The largest absolute Gasteiger partial charge is 0.507 e. The molecule has 0 saturated heterocycles. The quantitative estimate of drug-likeness (QED) is 0.424. The summed E-state index contributed by atoms with van der Waals surface area (Å²) in [6, 6.07) is 15.7. The number of aromatic amines is 1. The van der Waals surface area contributed by atoms with E-state index in [1.165, 1.54) is 17.5 Å². The van der Waals surface area contributed by atoms with Crippen molar-refractivity contribution in [2.24, 2.45) is 0 Å². The zero-order chi connectivity index (χ0) is 20.4. The first-order chi connectivity index (χ1) is 14.7. The van der Waals surface area contributed by atoms with Gasteiger partial charge in [0.05, 0.1) is 5.69 Å². The second-order valence-electron chi connectivity index (χ2n) is 8.34. The Morgan fingerprint density at radius 2 is 1.93 bits per heavy atom. The third kappa shape index (κ3) is 2.43. The van der Waals surface area contributed by atoms with Gasteiger partial charge in [-0.2, -0.15) is 0 Å². The van der Waals surface area contributed by atoms with Crippen molar-refractivity contribution >= 4 is 44.9 Å². The van der Waals surface area contributed by atoms with Crippen molar-refractivity contribution in [2.75, 3.05) is 17.3 Å². The number of amides is 1. The van der Waals surface area contributed by atoms with Crippen LogP contribution < -0.4 is 4.90 Å². The number of halogens is 1. The Labute approximate surface area is 179 Å². The molecule has 0 unspecified atom stereocenters. The molecule has 1 atom stereocenters. The maximum Gasteiger partial charge on any atom is 0.274 e. The first-order valence-electron chi connectivity index (χ1n) is 10.4. The highest BCUT2D eigenvalue weighted by molar-refractivity contribution is 6.19. The Kier molecular flexibility index (Phi) is 3.87. The average Bonchev–Trinajstić information content (AvgIpc) is 3.48. The third-order valence-corrected chi connectivity index (χ3v) is 7.06. The minimum atomic E-state index is -0.0819. The fourth-order valence-electron chi connectivity index (χ4n) is 5.30.